The topological polar surface area (TPSA) is 62.3 Å². The second kappa shape index (κ2) is 7.43. The second-order valence-electron chi connectivity index (χ2n) is 6.52. The van der Waals surface area contributed by atoms with Crippen LogP contribution in [0.5, 0.6) is 0 Å². The first-order valence-corrected chi connectivity index (χ1v) is 9.55. The van der Waals surface area contributed by atoms with Crippen molar-refractivity contribution < 1.29 is 9.59 Å². The van der Waals surface area contributed by atoms with Crippen molar-refractivity contribution in [3.05, 3.63) is 16.1 Å². The minimum absolute atomic E-state index is 0.196. The van der Waals surface area contributed by atoms with E-state index in [-0.39, 0.29) is 17.7 Å². The summed E-state index contributed by atoms with van der Waals surface area (Å²) in [6.45, 7) is 4.28. The largest absolute Gasteiger partial charge is 0.355 e. The van der Waals surface area contributed by atoms with Crippen molar-refractivity contribution in [3.63, 3.8) is 0 Å². The molecule has 3 rings (SSSR count). The van der Waals surface area contributed by atoms with E-state index in [1.807, 2.05) is 11.8 Å². The van der Waals surface area contributed by atoms with Gasteiger partial charge in [-0.1, -0.05) is 6.92 Å². The van der Waals surface area contributed by atoms with Crippen LogP contribution >= 0.6 is 11.3 Å². The van der Waals surface area contributed by atoms with Gasteiger partial charge in [-0.3, -0.25) is 9.59 Å². The number of likely N-dealkylation sites (tertiary alicyclic amines) is 1. The van der Waals surface area contributed by atoms with Crippen LogP contribution in [0.4, 0.5) is 0 Å². The number of amides is 2. The van der Waals surface area contributed by atoms with Crippen molar-refractivity contribution in [2.24, 2.45) is 5.92 Å². The maximum Gasteiger partial charge on any atom is 0.223 e. The van der Waals surface area contributed by atoms with E-state index in [0.29, 0.717) is 18.9 Å². The molecule has 0 radical (unpaired) electrons. The molecule has 23 heavy (non-hydrogen) atoms. The fourth-order valence-electron chi connectivity index (χ4n) is 3.06. The van der Waals surface area contributed by atoms with E-state index in [4.69, 9.17) is 4.98 Å². The molecule has 2 amide bonds. The van der Waals surface area contributed by atoms with Gasteiger partial charge in [0.2, 0.25) is 11.8 Å². The van der Waals surface area contributed by atoms with Crippen molar-refractivity contribution in [2.75, 3.05) is 19.6 Å². The lowest BCUT2D eigenvalue weighted by atomic mass is 9.98. The van der Waals surface area contributed by atoms with E-state index >= 15 is 0 Å². The summed E-state index contributed by atoms with van der Waals surface area (Å²) in [7, 11) is 0. The first-order chi connectivity index (χ1) is 11.2. The highest BCUT2D eigenvalue weighted by Crippen LogP contribution is 2.30. The van der Waals surface area contributed by atoms with Crippen molar-refractivity contribution >= 4 is 23.2 Å². The third-order valence-corrected chi connectivity index (χ3v) is 5.68. The molecule has 1 aromatic rings. The van der Waals surface area contributed by atoms with Gasteiger partial charge in [-0.15, -0.1) is 11.3 Å². The quantitative estimate of drug-likeness (QED) is 0.868. The molecular formula is C17H25N3O2S. The lowest BCUT2D eigenvalue weighted by Gasteiger charge is -2.31. The van der Waals surface area contributed by atoms with Crippen LogP contribution in [0, 0.1) is 5.92 Å². The van der Waals surface area contributed by atoms with Gasteiger partial charge in [0, 0.05) is 49.7 Å². The normalized spacial score (nSPS) is 21.3. The molecule has 1 aliphatic carbocycles. The number of nitrogens with one attached hydrogen (secondary N) is 1. The van der Waals surface area contributed by atoms with E-state index in [2.05, 4.69) is 10.7 Å². The second-order valence-corrected chi connectivity index (χ2v) is 7.41. The van der Waals surface area contributed by atoms with Gasteiger partial charge in [-0.2, -0.15) is 0 Å². The van der Waals surface area contributed by atoms with Crippen molar-refractivity contribution in [2.45, 2.75) is 51.4 Å². The first-order valence-electron chi connectivity index (χ1n) is 8.67. The molecule has 2 aliphatic rings. The van der Waals surface area contributed by atoms with Crippen LogP contribution in [0.15, 0.2) is 5.38 Å². The Labute approximate surface area is 141 Å². The molecule has 2 fully saturated rings. The zero-order valence-electron chi connectivity index (χ0n) is 13.7. The molecule has 0 unspecified atom stereocenters. The SMILES string of the molecule is CCC(=O)N1CCC[C@@H](c2nc(CCNC(=O)C3CC3)cs2)C1. The predicted molar refractivity (Wildman–Crippen MR) is 90.4 cm³/mol. The van der Waals surface area contributed by atoms with Crippen molar-refractivity contribution in [1.29, 1.82) is 0 Å². The fourth-order valence-corrected chi connectivity index (χ4v) is 4.04. The highest BCUT2D eigenvalue weighted by atomic mass is 32.1. The minimum Gasteiger partial charge on any atom is -0.355 e. The molecule has 1 saturated carbocycles. The Morgan fingerprint density at radius 3 is 2.96 bits per heavy atom. The average Bonchev–Trinajstić information content (AvgIpc) is 3.33. The Bertz CT molecular complexity index is 568. The number of aromatic nitrogens is 1. The van der Waals surface area contributed by atoms with Gasteiger partial charge in [0.25, 0.3) is 0 Å². The number of hydrogen-bond acceptors (Lipinski definition) is 4. The summed E-state index contributed by atoms with van der Waals surface area (Å²) in [5.41, 5.74) is 1.06. The van der Waals surface area contributed by atoms with Crippen LogP contribution in [0.3, 0.4) is 0 Å². The third-order valence-electron chi connectivity index (χ3n) is 4.62. The molecule has 1 aromatic heterocycles. The smallest absolute Gasteiger partial charge is 0.223 e. The van der Waals surface area contributed by atoms with Gasteiger partial charge in [-0.25, -0.2) is 4.98 Å². The Hall–Kier alpha value is -1.43. The Kier molecular flexibility index (Phi) is 5.30. The molecule has 5 nitrogen and oxygen atoms in total. The molecule has 0 aromatic carbocycles. The molecule has 126 valence electrons. The van der Waals surface area contributed by atoms with E-state index in [1.54, 1.807) is 11.3 Å². The van der Waals surface area contributed by atoms with Crippen LogP contribution in [-0.4, -0.2) is 41.3 Å². The molecule has 1 saturated heterocycles. The number of hydrogen-bond donors (Lipinski definition) is 1. The van der Waals surface area contributed by atoms with Crippen LogP contribution in [0.1, 0.15) is 55.6 Å². The number of piperidine rings is 1. The minimum atomic E-state index is 0.196. The maximum absolute atomic E-state index is 11.9. The number of rotatable bonds is 6. The molecule has 0 spiro atoms. The monoisotopic (exact) mass is 335 g/mol. The molecule has 1 aliphatic heterocycles. The van der Waals surface area contributed by atoms with Crippen LogP contribution < -0.4 is 5.32 Å². The molecule has 1 N–H and O–H groups in total. The predicted octanol–water partition coefficient (Wildman–Crippen LogP) is 2.33. The van der Waals surface area contributed by atoms with Crippen molar-refractivity contribution in [3.8, 4) is 0 Å². The summed E-state index contributed by atoms with van der Waals surface area (Å²) in [4.78, 5) is 30.2. The molecule has 0 bridgehead atoms. The average molecular weight is 335 g/mol. The van der Waals surface area contributed by atoms with E-state index in [9.17, 15) is 9.59 Å². The number of thiazole rings is 1. The van der Waals surface area contributed by atoms with Crippen LogP contribution in [-0.2, 0) is 16.0 Å². The van der Waals surface area contributed by atoms with Gasteiger partial charge in [0.1, 0.15) is 0 Å². The lowest BCUT2D eigenvalue weighted by Crippen LogP contribution is -2.38. The lowest BCUT2D eigenvalue weighted by molar-refractivity contribution is -0.132. The molecule has 2 heterocycles. The van der Waals surface area contributed by atoms with Gasteiger partial charge >= 0.3 is 0 Å². The molecular weight excluding hydrogens is 310 g/mol. The van der Waals surface area contributed by atoms with Gasteiger partial charge in [-0.05, 0) is 25.7 Å². The Morgan fingerprint density at radius 1 is 1.39 bits per heavy atom. The Balaban J connectivity index is 1.49. The van der Waals surface area contributed by atoms with Crippen molar-refractivity contribution in [1.82, 2.24) is 15.2 Å². The summed E-state index contributed by atoms with van der Waals surface area (Å²) in [5, 5.41) is 6.22. The number of carbonyl (C=O) groups is 2. The van der Waals surface area contributed by atoms with Gasteiger partial charge in [0.05, 0.1) is 10.7 Å². The highest BCUT2D eigenvalue weighted by Gasteiger charge is 2.29. The molecule has 1 atom stereocenters. The fraction of sp³-hybridized carbons (Fsp3) is 0.706. The standard InChI is InChI=1S/C17H25N3O2S/c1-2-15(21)20-9-3-4-13(10-20)17-19-14(11-23-17)7-8-18-16(22)12-5-6-12/h11-13H,2-10H2,1H3,(H,18,22)/t13-/m1/s1. The zero-order chi connectivity index (χ0) is 16.2. The van der Waals surface area contributed by atoms with E-state index < -0.39 is 0 Å². The van der Waals surface area contributed by atoms with Crippen LogP contribution in [0.2, 0.25) is 0 Å². The number of carbonyl (C=O) groups excluding carboxylic acids is 2. The summed E-state index contributed by atoms with van der Waals surface area (Å²) in [6, 6.07) is 0. The van der Waals surface area contributed by atoms with Crippen LogP contribution in [0.25, 0.3) is 0 Å². The van der Waals surface area contributed by atoms with Gasteiger partial charge < -0.3 is 10.2 Å². The summed E-state index contributed by atoms with van der Waals surface area (Å²) in [5.74, 6) is 1.08. The van der Waals surface area contributed by atoms with E-state index in [0.717, 1.165) is 55.9 Å². The highest BCUT2D eigenvalue weighted by molar-refractivity contribution is 7.09. The third kappa shape index (κ3) is 4.31. The Morgan fingerprint density at radius 2 is 2.22 bits per heavy atom. The van der Waals surface area contributed by atoms with Gasteiger partial charge in [0.15, 0.2) is 0 Å². The number of nitrogens with zero attached hydrogens (tertiary/aromatic N) is 2. The summed E-state index contributed by atoms with van der Waals surface area (Å²) in [6.07, 6.45) is 5.63. The molecule has 6 heteroatoms. The zero-order valence-corrected chi connectivity index (χ0v) is 14.5. The maximum atomic E-state index is 11.9. The van der Waals surface area contributed by atoms with E-state index in [1.165, 1.54) is 0 Å². The first kappa shape index (κ1) is 16.4. The summed E-state index contributed by atoms with van der Waals surface area (Å²) >= 11 is 1.69. The summed E-state index contributed by atoms with van der Waals surface area (Å²) < 4.78 is 0.